The topological polar surface area (TPSA) is 79.2 Å². The molecule has 0 saturated carbocycles. The maximum Gasteiger partial charge on any atom is 0.186 e. The Morgan fingerprint density at radius 2 is 1.79 bits per heavy atom. The largest absolute Gasteiger partial charge is 0.394 e. The molecule has 1 aliphatic heterocycles. The van der Waals surface area contributed by atoms with Crippen molar-refractivity contribution in [1.29, 1.82) is 0 Å². The van der Waals surface area contributed by atoms with E-state index in [4.69, 9.17) is 14.6 Å². The minimum absolute atomic E-state index is 0.256. The Bertz CT molecular complexity index is 239. The molecule has 0 aromatic rings. The van der Waals surface area contributed by atoms with Crippen LogP contribution in [0.1, 0.15) is 39.0 Å². The van der Waals surface area contributed by atoms with Crippen LogP contribution >= 0.6 is 12.6 Å². The second kappa shape index (κ2) is 9.15. The number of aliphatic hydroxyl groups is 3. The van der Waals surface area contributed by atoms with E-state index in [0.717, 1.165) is 12.8 Å². The lowest BCUT2D eigenvalue weighted by atomic mass is 10.0. The molecule has 19 heavy (non-hydrogen) atoms. The Morgan fingerprint density at radius 3 is 2.42 bits per heavy atom. The second-order valence-electron chi connectivity index (χ2n) is 4.98. The predicted molar refractivity (Wildman–Crippen MR) is 75.2 cm³/mol. The van der Waals surface area contributed by atoms with Crippen LogP contribution in [0.4, 0.5) is 0 Å². The summed E-state index contributed by atoms with van der Waals surface area (Å²) >= 11 is 4.13. The van der Waals surface area contributed by atoms with Crippen LogP contribution in [0.2, 0.25) is 0 Å². The van der Waals surface area contributed by atoms with E-state index in [1.54, 1.807) is 0 Å². The van der Waals surface area contributed by atoms with Crippen LogP contribution in [-0.4, -0.2) is 58.4 Å². The van der Waals surface area contributed by atoms with Crippen molar-refractivity contribution in [2.45, 2.75) is 68.9 Å². The first kappa shape index (κ1) is 17.2. The summed E-state index contributed by atoms with van der Waals surface area (Å²) < 4.78 is 10.8. The number of unbranched alkanes of at least 4 members (excludes halogenated alkanes) is 4. The van der Waals surface area contributed by atoms with Crippen LogP contribution in [0.15, 0.2) is 0 Å². The lowest BCUT2D eigenvalue weighted by Gasteiger charge is -2.40. The highest BCUT2D eigenvalue weighted by Crippen LogP contribution is 2.25. The van der Waals surface area contributed by atoms with Gasteiger partial charge >= 0.3 is 0 Å². The van der Waals surface area contributed by atoms with Crippen LogP contribution in [0.3, 0.4) is 0 Å². The van der Waals surface area contributed by atoms with Gasteiger partial charge in [0.15, 0.2) is 6.29 Å². The maximum atomic E-state index is 9.83. The molecule has 6 heteroatoms. The zero-order valence-corrected chi connectivity index (χ0v) is 12.3. The highest BCUT2D eigenvalue weighted by molar-refractivity contribution is 7.81. The summed E-state index contributed by atoms with van der Waals surface area (Å²) in [5.74, 6) is 0. The van der Waals surface area contributed by atoms with E-state index < -0.39 is 29.9 Å². The Morgan fingerprint density at radius 1 is 1.11 bits per heavy atom. The molecule has 1 rings (SSSR count). The molecule has 0 bridgehead atoms. The van der Waals surface area contributed by atoms with E-state index in [1.807, 2.05) is 0 Å². The Kier molecular flexibility index (Phi) is 8.29. The molecule has 1 aliphatic rings. The Balaban J connectivity index is 2.28. The minimum atomic E-state index is -1.12. The lowest BCUT2D eigenvalue weighted by molar-refractivity contribution is -0.268. The molecule has 114 valence electrons. The van der Waals surface area contributed by atoms with Crippen molar-refractivity contribution in [2.24, 2.45) is 0 Å². The van der Waals surface area contributed by atoms with Crippen molar-refractivity contribution in [1.82, 2.24) is 0 Å². The molecule has 3 N–H and O–H groups in total. The molecule has 5 nitrogen and oxygen atoms in total. The van der Waals surface area contributed by atoms with Crippen molar-refractivity contribution >= 4 is 12.6 Å². The number of hydrogen-bond donors (Lipinski definition) is 4. The van der Waals surface area contributed by atoms with E-state index >= 15 is 0 Å². The van der Waals surface area contributed by atoms with Crippen LogP contribution in [0.5, 0.6) is 0 Å². The van der Waals surface area contributed by atoms with Gasteiger partial charge in [0.1, 0.15) is 6.10 Å². The first-order valence-electron chi connectivity index (χ1n) is 7.04. The fraction of sp³-hybridized carbons (Fsp3) is 1.00. The molecular weight excluding hydrogens is 268 g/mol. The second-order valence-corrected chi connectivity index (χ2v) is 5.58. The zero-order valence-electron chi connectivity index (χ0n) is 11.4. The van der Waals surface area contributed by atoms with Gasteiger partial charge in [-0.05, 0) is 6.42 Å². The standard InChI is InChI=1S/C13H26O5S/c1-2-3-4-5-6-7-17-13-11(16)10(15)12(19)9(8-14)18-13/h9-16,19H,2-8H2,1H3/t9-,10-,11-,12-,13+/m0/s1. The smallest absolute Gasteiger partial charge is 0.186 e. The maximum absolute atomic E-state index is 9.83. The fourth-order valence-electron chi connectivity index (χ4n) is 2.11. The van der Waals surface area contributed by atoms with E-state index in [9.17, 15) is 10.2 Å². The molecule has 0 radical (unpaired) electrons. The third kappa shape index (κ3) is 5.21. The van der Waals surface area contributed by atoms with Gasteiger partial charge in [-0.25, -0.2) is 0 Å². The van der Waals surface area contributed by atoms with E-state index in [2.05, 4.69) is 19.6 Å². The molecule has 0 unspecified atom stereocenters. The fourth-order valence-corrected chi connectivity index (χ4v) is 2.45. The molecule has 0 aromatic carbocycles. The van der Waals surface area contributed by atoms with Gasteiger partial charge in [-0.2, -0.15) is 12.6 Å². The van der Waals surface area contributed by atoms with Gasteiger partial charge in [0.25, 0.3) is 0 Å². The normalized spacial score (nSPS) is 35.5. The molecule has 0 amide bonds. The molecule has 0 aliphatic carbocycles. The number of thiol groups is 1. The van der Waals surface area contributed by atoms with Crippen LogP contribution in [0.25, 0.3) is 0 Å². The summed E-state index contributed by atoms with van der Waals surface area (Å²) in [6, 6.07) is 0. The highest BCUT2D eigenvalue weighted by Gasteiger charge is 2.42. The number of aliphatic hydroxyl groups excluding tert-OH is 3. The molecule has 1 fully saturated rings. The van der Waals surface area contributed by atoms with Gasteiger partial charge in [-0.3, -0.25) is 0 Å². The van der Waals surface area contributed by atoms with Gasteiger partial charge in [-0.15, -0.1) is 0 Å². The predicted octanol–water partition coefficient (Wildman–Crippen LogP) is 0.711. The van der Waals surface area contributed by atoms with Crippen molar-refractivity contribution in [3.63, 3.8) is 0 Å². The molecular formula is C13H26O5S. The summed E-state index contributed by atoms with van der Waals surface area (Å²) in [5, 5.41) is 28.1. The highest BCUT2D eigenvalue weighted by atomic mass is 32.1. The summed E-state index contributed by atoms with van der Waals surface area (Å²) in [7, 11) is 0. The van der Waals surface area contributed by atoms with Crippen molar-refractivity contribution < 1.29 is 24.8 Å². The molecule has 0 aromatic heterocycles. The average Bonchev–Trinajstić information content (AvgIpc) is 2.42. The van der Waals surface area contributed by atoms with Crippen LogP contribution < -0.4 is 0 Å². The van der Waals surface area contributed by atoms with Gasteiger partial charge in [-0.1, -0.05) is 32.6 Å². The lowest BCUT2D eigenvalue weighted by Crippen LogP contribution is -2.57. The average molecular weight is 294 g/mol. The van der Waals surface area contributed by atoms with Crippen molar-refractivity contribution in [3.8, 4) is 0 Å². The monoisotopic (exact) mass is 294 g/mol. The summed E-state index contributed by atoms with van der Waals surface area (Å²) in [6.45, 7) is 2.38. The van der Waals surface area contributed by atoms with Gasteiger partial charge < -0.3 is 24.8 Å². The third-order valence-electron chi connectivity index (χ3n) is 3.38. The van der Waals surface area contributed by atoms with Gasteiger partial charge in [0.2, 0.25) is 0 Å². The van der Waals surface area contributed by atoms with E-state index in [1.165, 1.54) is 19.3 Å². The molecule has 0 spiro atoms. The summed E-state index contributed by atoms with van der Waals surface area (Å²) in [5.41, 5.74) is 0. The van der Waals surface area contributed by atoms with Crippen molar-refractivity contribution in [2.75, 3.05) is 13.2 Å². The van der Waals surface area contributed by atoms with Gasteiger partial charge in [0.05, 0.1) is 24.1 Å². The molecule has 1 heterocycles. The van der Waals surface area contributed by atoms with E-state index in [-0.39, 0.29) is 6.61 Å². The number of rotatable bonds is 8. The number of ether oxygens (including phenoxy) is 2. The first-order valence-corrected chi connectivity index (χ1v) is 7.55. The van der Waals surface area contributed by atoms with Crippen molar-refractivity contribution in [3.05, 3.63) is 0 Å². The minimum Gasteiger partial charge on any atom is -0.394 e. The Labute approximate surface area is 120 Å². The Hall–Kier alpha value is 0.150. The number of hydrogen-bond acceptors (Lipinski definition) is 6. The summed E-state index contributed by atoms with van der Waals surface area (Å²) in [4.78, 5) is 0. The first-order chi connectivity index (χ1) is 9.11. The van der Waals surface area contributed by atoms with Gasteiger partial charge in [0, 0.05) is 6.61 Å². The zero-order chi connectivity index (χ0) is 14.3. The molecule has 5 atom stereocenters. The SMILES string of the molecule is CCCCCCCO[C@@H]1O[C@@H](CO)[C@H](S)[C@@H](O)[C@@H]1O. The van der Waals surface area contributed by atoms with Crippen LogP contribution in [0, 0.1) is 0 Å². The quantitative estimate of drug-likeness (QED) is 0.392. The third-order valence-corrected chi connectivity index (χ3v) is 4.02. The van der Waals surface area contributed by atoms with Crippen LogP contribution in [-0.2, 0) is 9.47 Å². The molecule has 1 saturated heterocycles. The van der Waals surface area contributed by atoms with E-state index in [0.29, 0.717) is 6.61 Å². The summed E-state index contributed by atoms with van der Waals surface area (Å²) in [6.07, 6.45) is 1.88.